The molecule has 0 fully saturated rings. The summed E-state index contributed by atoms with van der Waals surface area (Å²) < 4.78 is 30.8. The van der Waals surface area contributed by atoms with Crippen molar-refractivity contribution >= 4 is 29.8 Å². The number of hydrogen-bond donors (Lipinski definition) is 1. The number of carbonyl (C=O) groups is 3. The van der Waals surface area contributed by atoms with Gasteiger partial charge in [-0.15, -0.1) is 0 Å². The molecule has 0 aliphatic rings. The summed E-state index contributed by atoms with van der Waals surface area (Å²) in [4.78, 5) is 40.4. The normalized spacial score (nSPS) is 14.5. The number of aldehydes is 1. The van der Waals surface area contributed by atoms with E-state index in [1.165, 1.54) is 45.4 Å². The molecular weight excluding hydrogens is 479 g/mol. The number of hydrogen-bond acceptors (Lipinski definition) is 7. The molecule has 2 rings (SSSR count). The first-order chi connectivity index (χ1) is 16.4. The molecule has 0 spiro atoms. The highest BCUT2D eigenvalue weighted by Gasteiger charge is 2.34. The number of carbonyl (C=O) groups excluding carboxylic acids is 3. The van der Waals surface area contributed by atoms with Crippen LogP contribution in [0.4, 0.5) is 4.39 Å². The lowest BCUT2D eigenvalue weighted by molar-refractivity contribution is -0.132. The zero-order chi connectivity index (χ0) is 26.3. The number of benzene rings is 1. The number of methoxy groups -OCH3 is 1. The summed E-state index contributed by atoms with van der Waals surface area (Å²) in [5.41, 5.74) is -1.37. The van der Waals surface area contributed by atoms with Gasteiger partial charge in [0.15, 0.2) is 11.4 Å². The van der Waals surface area contributed by atoms with Crippen molar-refractivity contribution in [3.05, 3.63) is 52.6 Å². The highest BCUT2D eigenvalue weighted by Crippen LogP contribution is 2.36. The standard InChI is InChI=1S/C25H30ClFN2O6/c1-14(2)20(21-17(26)8-7-9-18(21)27)15(3)34-13-25(5,12-30)29-24(32)22-23(35-16(4)31)19(33-6)10-11-28-22/h7-12,14-15,20H,13H2,1-6H3,(H,29,32)/t15-,20+,25+/m0/s1. The molecule has 0 radical (unpaired) electrons. The van der Waals surface area contributed by atoms with Gasteiger partial charge in [0.2, 0.25) is 5.75 Å². The van der Waals surface area contributed by atoms with Crippen LogP contribution in [0.3, 0.4) is 0 Å². The first-order valence-corrected chi connectivity index (χ1v) is 11.4. The molecule has 8 nitrogen and oxygen atoms in total. The van der Waals surface area contributed by atoms with E-state index in [1.807, 2.05) is 13.8 Å². The van der Waals surface area contributed by atoms with Crippen LogP contribution < -0.4 is 14.8 Å². The average Bonchev–Trinajstić information content (AvgIpc) is 2.79. The molecule has 0 bridgehead atoms. The van der Waals surface area contributed by atoms with E-state index in [-0.39, 0.29) is 34.7 Å². The molecule has 190 valence electrons. The summed E-state index contributed by atoms with van der Waals surface area (Å²) in [6, 6.07) is 5.90. The Morgan fingerprint density at radius 2 is 1.94 bits per heavy atom. The van der Waals surface area contributed by atoms with Crippen LogP contribution in [0.15, 0.2) is 30.5 Å². The molecule has 1 heterocycles. The molecular formula is C25H30ClFN2O6. The molecule has 0 aliphatic carbocycles. The monoisotopic (exact) mass is 508 g/mol. The third-order valence-corrected chi connectivity index (χ3v) is 5.74. The maximum atomic E-state index is 14.6. The van der Waals surface area contributed by atoms with Gasteiger partial charge in [-0.2, -0.15) is 0 Å². The fourth-order valence-electron chi connectivity index (χ4n) is 3.76. The predicted molar refractivity (Wildman–Crippen MR) is 128 cm³/mol. The van der Waals surface area contributed by atoms with E-state index in [4.69, 9.17) is 25.8 Å². The largest absolute Gasteiger partial charge is 0.493 e. The predicted octanol–water partition coefficient (Wildman–Crippen LogP) is 4.34. The quantitative estimate of drug-likeness (QED) is 0.355. The van der Waals surface area contributed by atoms with Crippen molar-refractivity contribution in [3.63, 3.8) is 0 Å². The number of nitrogens with zero attached hydrogens (tertiary/aromatic N) is 1. The van der Waals surface area contributed by atoms with Crippen molar-refractivity contribution in [1.29, 1.82) is 0 Å². The lowest BCUT2D eigenvalue weighted by Gasteiger charge is -2.32. The van der Waals surface area contributed by atoms with Crippen molar-refractivity contribution < 1.29 is 33.0 Å². The summed E-state index contributed by atoms with van der Waals surface area (Å²) in [6.45, 7) is 8.01. The zero-order valence-electron chi connectivity index (χ0n) is 20.6. The minimum Gasteiger partial charge on any atom is -0.493 e. The number of esters is 1. The molecule has 1 amide bonds. The third kappa shape index (κ3) is 6.99. The van der Waals surface area contributed by atoms with Gasteiger partial charge in [0, 0.05) is 35.7 Å². The van der Waals surface area contributed by atoms with Crippen LogP contribution in [0.5, 0.6) is 11.5 Å². The van der Waals surface area contributed by atoms with Gasteiger partial charge in [-0.3, -0.25) is 9.59 Å². The first-order valence-electron chi connectivity index (χ1n) is 11.0. The van der Waals surface area contributed by atoms with E-state index in [1.54, 1.807) is 13.0 Å². The SMILES string of the molecule is COc1ccnc(C(=O)N[C@](C)(C=O)CO[C@@H](C)[C@H](c2c(F)cccc2Cl)C(C)C)c1OC(C)=O. The second-order valence-electron chi connectivity index (χ2n) is 8.70. The van der Waals surface area contributed by atoms with Crippen LogP contribution in [0.25, 0.3) is 0 Å². The van der Waals surface area contributed by atoms with Crippen LogP contribution in [0.1, 0.15) is 56.6 Å². The average molecular weight is 509 g/mol. The van der Waals surface area contributed by atoms with Gasteiger partial charge in [-0.25, -0.2) is 9.37 Å². The Balaban J connectivity index is 2.24. The van der Waals surface area contributed by atoms with Crippen LogP contribution in [-0.4, -0.2) is 48.5 Å². The van der Waals surface area contributed by atoms with Crippen LogP contribution in [0, 0.1) is 11.7 Å². The Labute approximate surface area is 209 Å². The number of ether oxygens (including phenoxy) is 3. The van der Waals surface area contributed by atoms with Gasteiger partial charge in [0.1, 0.15) is 17.6 Å². The van der Waals surface area contributed by atoms with E-state index in [0.29, 0.717) is 11.8 Å². The maximum Gasteiger partial charge on any atom is 0.308 e. The molecule has 2 aromatic rings. The molecule has 3 atom stereocenters. The highest BCUT2D eigenvalue weighted by molar-refractivity contribution is 6.31. The second kappa shape index (κ2) is 12.1. The van der Waals surface area contributed by atoms with Crippen LogP contribution in [0.2, 0.25) is 5.02 Å². The second-order valence-corrected chi connectivity index (χ2v) is 9.10. The minimum atomic E-state index is -1.47. The molecule has 0 saturated heterocycles. The Morgan fingerprint density at radius 1 is 1.26 bits per heavy atom. The number of nitrogens with one attached hydrogen (secondary N) is 1. The van der Waals surface area contributed by atoms with E-state index in [9.17, 15) is 18.8 Å². The topological polar surface area (TPSA) is 104 Å². The molecule has 10 heteroatoms. The van der Waals surface area contributed by atoms with E-state index < -0.39 is 35.3 Å². The Morgan fingerprint density at radius 3 is 2.49 bits per heavy atom. The summed E-state index contributed by atoms with van der Waals surface area (Å²) in [5, 5.41) is 2.85. The van der Waals surface area contributed by atoms with Crippen molar-refractivity contribution in [2.75, 3.05) is 13.7 Å². The van der Waals surface area contributed by atoms with E-state index in [0.717, 1.165) is 0 Å². The number of pyridine rings is 1. The molecule has 1 aromatic heterocycles. The van der Waals surface area contributed by atoms with Crippen molar-refractivity contribution in [1.82, 2.24) is 10.3 Å². The van der Waals surface area contributed by atoms with Gasteiger partial charge in [-0.05, 0) is 31.9 Å². The highest BCUT2D eigenvalue weighted by atomic mass is 35.5. The fraction of sp³-hybridized carbons (Fsp3) is 0.440. The van der Waals surface area contributed by atoms with Crippen molar-refractivity contribution in [3.8, 4) is 11.5 Å². The molecule has 1 aromatic carbocycles. The van der Waals surface area contributed by atoms with E-state index >= 15 is 0 Å². The smallest absolute Gasteiger partial charge is 0.308 e. The summed E-state index contributed by atoms with van der Waals surface area (Å²) in [7, 11) is 1.35. The zero-order valence-corrected chi connectivity index (χ0v) is 21.3. The van der Waals surface area contributed by atoms with Gasteiger partial charge < -0.3 is 24.3 Å². The number of rotatable bonds is 11. The van der Waals surface area contributed by atoms with Gasteiger partial charge >= 0.3 is 5.97 Å². The number of amides is 1. The molecule has 0 unspecified atom stereocenters. The lowest BCUT2D eigenvalue weighted by Crippen LogP contribution is -2.52. The summed E-state index contributed by atoms with van der Waals surface area (Å²) >= 11 is 6.28. The molecule has 0 aliphatic heterocycles. The molecule has 1 N–H and O–H groups in total. The Hall–Kier alpha value is -3.04. The maximum absolute atomic E-state index is 14.6. The number of aromatic nitrogens is 1. The van der Waals surface area contributed by atoms with Gasteiger partial charge in [0.25, 0.3) is 5.91 Å². The Kier molecular flexibility index (Phi) is 9.73. The van der Waals surface area contributed by atoms with Crippen molar-refractivity contribution in [2.24, 2.45) is 5.92 Å². The molecule has 35 heavy (non-hydrogen) atoms. The van der Waals surface area contributed by atoms with E-state index in [2.05, 4.69) is 10.3 Å². The lowest BCUT2D eigenvalue weighted by atomic mass is 9.84. The van der Waals surface area contributed by atoms with Crippen LogP contribution in [-0.2, 0) is 14.3 Å². The fourth-order valence-corrected chi connectivity index (χ4v) is 4.05. The Bertz CT molecular complexity index is 1060. The van der Waals surface area contributed by atoms with Crippen molar-refractivity contribution in [2.45, 2.75) is 52.2 Å². The number of halogens is 2. The third-order valence-electron chi connectivity index (χ3n) is 5.41. The first kappa shape index (κ1) is 28.2. The summed E-state index contributed by atoms with van der Waals surface area (Å²) in [5.74, 6) is -2.39. The van der Waals surface area contributed by atoms with Crippen LogP contribution >= 0.6 is 11.6 Å². The van der Waals surface area contributed by atoms with Gasteiger partial charge in [0.05, 0.1) is 19.8 Å². The molecule has 0 saturated carbocycles. The summed E-state index contributed by atoms with van der Waals surface area (Å²) in [6.07, 6.45) is 1.29. The minimum absolute atomic E-state index is 0.0382. The van der Waals surface area contributed by atoms with Gasteiger partial charge in [-0.1, -0.05) is 31.5 Å².